The summed E-state index contributed by atoms with van der Waals surface area (Å²) in [6, 6.07) is 12.5. The minimum Gasteiger partial charge on any atom is -0.490 e. The molecule has 8 heteroatoms. The Kier molecular flexibility index (Phi) is 6.28. The highest BCUT2D eigenvalue weighted by Gasteiger charge is 2.25. The van der Waals surface area contributed by atoms with Crippen LogP contribution in [-0.4, -0.2) is 23.5 Å². The molecule has 6 nitrogen and oxygen atoms in total. The summed E-state index contributed by atoms with van der Waals surface area (Å²) < 4.78 is 11.5. The first kappa shape index (κ1) is 19.9. The second-order valence-electron chi connectivity index (χ2n) is 5.85. The van der Waals surface area contributed by atoms with Gasteiger partial charge in [0, 0.05) is 5.02 Å². The Balaban J connectivity index is 1.81. The largest absolute Gasteiger partial charge is 0.490 e. The van der Waals surface area contributed by atoms with Crippen LogP contribution in [0.25, 0.3) is 6.08 Å². The SMILES string of the molecule is CCOc1cc(C=C2C(=O)NC(=S)NC2=O)ccc1OCc1ccc(Cl)cc1. The Hall–Kier alpha value is -2.90. The highest BCUT2D eigenvalue weighted by molar-refractivity contribution is 7.80. The number of nitrogens with one attached hydrogen (secondary N) is 2. The molecule has 0 bridgehead atoms. The lowest BCUT2D eigenvalue weighted by atomic mass is 10.1. The number of carbonyl (C=O) groups excluding carboxylic acids is 2. The second kappa shape index (κ2) is 8.86. The number of thiocarbonyl (C=S) groups is 1. The molecule has 2 N–H and O–H groups in total. The van der Waals surface area contributed by atoms with E-state index in [-0.39, 0.29) is 10.7 Å². The summed E-state index contributed by atoms with van der Waals surface area (Å²) in [6.07, 6.45) is 1.47. The van der Waals surface area contributed by atoms with Gasteiger partial charge in [-0.25, -0.2) is 0 Å². The number of rotatable bonds is 6. The summed E-state index contributed by atoms with van der Waals surface area (Å²) >= 11 is 10.7. The third-order valence-electron chi connectivity index (χ3n) is 3.83. The summed E-state index contributed by atoms with van der Waals surface area (Å²) in [5.41, 5.74) is 1.55. The van der Waals surface area contributed by atoms with E-state index in [1.54, 1.807) is 30.3 Å². The Morgan fingerprint density at radius 1 is 1.00 bits per heavy atom. The number of hydrogen-bond donors (Lipinski definition) is 2. The summed E-state index contributed by atoms with van der Waals surface area (Å²) in [6.45, 7) is 2.64. The van der Waals surface area contributed by atoms with Crippen LogP contribution in [0.1, 0.15) is 18.1 Å². The molecule has 2 aromatic rings. The Morgan fingerprint density at radius 3 is 2.32 bits per heavy atom. The molecular formula is C20H17ClN2O4S. The predicted octanol–water partition coefficient (Wildman–Crippen LogP) is 3.23. The highest BCUT2D eigenvalue weighted by atomic mass is 35.5. The van der Waals surface area contributed by atoms with Crippen LogP contribution in [0, 0.1) is 0 Å². The van der Waals surface area contributed by atoms with Gasteiger partial charge in [0.1, 0.15) is 12.2 Å². The molecule has 1 heterocycles. The number of hydrogen-bond acceptors (Lipinski definition) is 5. The van der Waals surface area contributed by atoms with Crippen LogP contribution in [-0.2, 0) is 16.2 Å². The maximum Gasteiger partial charge on any atom is 0.263 e. The predicted molar refractivity (Wildman–Crippen MR) is 110 cm³/mol. The van der Waals surface area contributed by atoms with Crippen LogP contribution in [0.4, 0.5) is 0 Å². The fourth-order valence-corrected chi connectivity index (χ4v) is 2.83. The first-order valence-electron chi connectivity index (χ1n) is 8.48. The van der Waals surface area contributed by atoms with Crippen molar-refractivity contribution in [2.24, 2.45) is 0 Å². The van der Waals surface area contributed by atoms with Crippen molar-refractivity contribution < 1.29 is 19.1 Å². The van der Waals surface area contributed by atoms with Gasteiger partial charge in [-0.1, -0.05) is 29.8 Å². The van der Waals surface area contributed by atoms with Gasteiger partial charge in [0.2, 0.25) is 0 Å². The van der Waals surface area contributed by atoms with E-state index in [0.29, 0.717) is 35.3 Å². The molecule has 2 amide bonds. The number of ether oxygens (including phenoxy) is 2. The fraction of sp³-hybridized carbons (Fsp3) is 0.150. The average Bonchev–Trinajstić information content (AvgIpc) is 2.65. The molecular weight excluding hydrogens is 400 g/mol. The van der Waals surface area contributed by atoms with Crippen LogP contribution >= 0.6 is 23.8 Å². The molecule has 0 radical (unpaired) electrons. The molecule has 1 aliphatic rings. The summed E-state index contributed by atoms with van der Waals surface area (Å²) in [5.74, 6) is -0.0276. The molecule has 0 saturated carbocycles. The normalized spacial score (nSPS) is 13.6. The molecule has 0 atom stereocenters. The third-order valence-corrected chi connectivity index (χ3v) is 4.29. The Morgan fingerprint density at radius 2 is 1.68 bits per heavy atom. The maximum absolute atomic E-state index is 12.0. The quantitative estimate of drug-likeness (QED) is 0.429. The molecule has 28 heavy (non-hydrogen) atoms. The van der Waals surface area contributed by atoms with E-state index in [1.165, 1.54) is 6.08 Å². The van der Waals surface area contributed by atoms with E-state index < -0.39 is 11.8 Å². The monoisotopic (exact) mass is 416 g/mol. The van der Waals surface area contributed by atoms with E-state index in [4.69, 9.17) is 33.3 Å². The zero-order chi connectivity index (χ0) is 20.1. The Bertz CT molecular complexity index is 935. The molecule has 1 fully saturated rings. The lowest BCUT2D eigenvalue weighted by Gasteiger charge is -2.17. The summed E-state index contributed by atoms with van der Waals surface area (Å²) in [5, 5.41) is 5.45. The summed E-state index contributed by atoms with van der Waals surface area (Å²) in [4.78, 5) is 24.0. The molecule has 144 valence electrons. The van der Waals surface area contributed by atoms with Crippen LogP contribution in [0.15, 0.2) is 48.0 Å². The van der Waals surface area contributed by atoms with E-state index in [2.05, 4.69) is 10.6 Å². The number of carbonyl (C=O) groups is 2. The first-order chi connectivity index (χ1) is 13.5. The summed E-state index contributed by atoms with van der Waals surface area (Å²) in [7, 11) is 0. The topological polar surface area (TPSA) is 76.7 Å². The van der Waals surface area contributed by atoms with Crippen molar-refractivity contribution in [1.29, 1.82) is 0 Å². The minimum absolute atomic E-state index is 0.00639. The smallest absolute Gasteiger partial charge is 0.263 e. The second-order valence-corrected chi connectivity index (χ2v) is 6.69. The maximum atomic E-state index is 12.0. The van der Waals surface area contributed by atoms with Crippen LogP contribution in [0.2, 0.25) is 5.02 Å². The molecule has 2 aromatic carbocycles. The zero-order valence-corrected chi connectivity index (χ0v) is 16.5. The van der Waals surface area contributed by atoms with Crippen molar-refractivity contribution in [3.05, 3.63) is 64.2 Å². The van der Waals surface area contributed by atoms with E-state index in [1.807, 2.05) is 19.1 Å². The zero-order valence-electron chi connectivity index (χ0n) is 15.0. The van der Waals surface area contributed by atoms with Gasteiger partial charge in [0.05, 0.1) is 6.61 Å². The fourth-order valence-electron chi connectivity index (χ4n) is 2.52. The average molecular weight is 417 g/mol. The number of halogens is 1. The van der Waals surface area contributed by atoms with Crippen LogP contribution in [0.5, 0.6) is 11.5 Å². The van der Waals surface area contributed by atoms with E-state index >= 15 is 0 Å². The molecule has 0 unspecified atom stereocenters. The van der Waals surface area contributed by atoms with Gasteiger partial charge in [-0.3, -0.25) is 20.2 Å². The van der Waals surface area contributed by atoms with Gasteiger partial charge in [-0.2, -0.15) is 0 Å². The van der Waals surface area contributed by atoms with Crippen molar-refractivity contribution in [3.8, 4) is 11.5 Å². The molecule has 0 aromatic heterocycles. The first-order valence-corrected chi connectivity index (χ1v) is 9.27. The van der Waals surface area contributed by atoms with Gasteiger partial charge in [-0.15, -0.1) is 0 Å². The lowest BCUT2D eigenvalue weighted by Crippen LogP contribution is -2.51. The molecule has 1 aliphatic heterocycles. The van der Waals surface area contributed by atoms with Crippen molar-refractivity contribution in [2.75, 3.05) is 6.61 Å². The number of amides is 2. The Labute approximate surface area is 172 Å². The van der Waals surface area contributed by atoms with Gasteiger partial charge < -0.3 is 9.47 Å². The number of benzene rings is 2. The standard InChI is InChI=1S/C20H17ClN2O4S/c1-2-26-17-10-13(9-15-18(24)22-20(28)23-19(15)25)5-8-16(17)27-11-12-3-6-14(21)7-4-12/h3-10H,2,11H2,1H3,(H2,22,23,24,25,28). The van der Waals surface area contributed by atoms with Crippen LogP contribution < -0.4 is 20.1 Å². The van der Waals surface area contributed by atoms with Gasteiger partial charge in [0.25, 0.3) is 11.8 Å². The van der Waals surface area contributed by atoms with Crippen molar-refractivity contribution in [2.45, 2.75) is 13.5 Å². The van der Waals surface area contributed by atoms with Crippen molar-refractivity contribution >= 4 is 46.8 Å². The molecule has 0 aliphatic carbocycles. The van der Waals surface area contributed by atoms with Gasteiger partial charge >= 0.3 is 0 Å². The highest BCUT2D eigenvalue weighted by Crippen LogP contribution is 2.30. The molecule has 0 spiro atoms. The minimum atomic E-state index is -0.547. The van der Waals surface area contributed by atoms with E-state index in [0.717, 1.165) is 5.56 Å². The van der Waals surface area contributed by atoms with Gasteiger partial charge in [-0.05, 0) is 60.6 Å². The van der Waals surface area contributed by atoms with Crippen molar-refractivity contribution in [1.82, 2.24) is 10.6 Å². The third kappa shape index (κ3) is 4.88. The molecule has 1 saturated heterocycles. The van der Waals surface area contributed by atoms with Gasteiger partial charge in [0.15, 0.2) is 16.6 Å². The van der Waals surface area contributed by atoms with Crippen LogP contribution in [0.3, 0.4) is 0 Å². The lowest BCUT2D eigenvalue weighted by molar-refractivity contribution is -0.123. The van der Waals surface area contributed by atoms with E-state index in [9.17, 15) is 9.59 Å². The van der Waals surface area contributed by atoms with Crippen molar-refractivity contribution in [3.63, 3.8) is 0 Å². The molecule has 3 rings (SSSR count).